The highest BCUT2D eigenvalue weighted by atomic mass is 19.4. The molecule has 1 amide bonds. The fourth-order valence-electron chi connectivity index (χ4n) is 2.41. The van der Waals surface area contributed by atoms with Crippen molar-refractivity contribution in [3.8, 4) is 0 Å². The van der Waals surface area contributed by atoms with Gasteiger partial charge in [-0.25, -0.2) is 0 Å². The number of amides is 1. The number of carbonyl (C=O) groups excluding carboxylic acids is 1. The summed E-state index contributed by atoms with van der Waals surface area (Å²) in [5.74, 6) is -3.10. The van der Waals surface area contributed by atoms with Gasteiger partial charge in [0.25, 0.3) is 0 Å². The molecule has 19 heavy (non-hydrogen) atoms. The van der Waals surface area contributed by atoms with Crippen LogP contribution in [0, 0.1) is 11.8 Å². The lowest BCUT2D eigenvalue weighted by molar-refractivity contribution is -0.198. The second kappa shape index (κ2) is 7.09. The highest BCUT2D eigenvalue weighted by molar-refractivity contribution is 5.79. The van der Waals surface area contributed by atoms with Crippen LogP contribution >= 0.6 is 0 Å². The summed E-state index contributed by atoms with van der Waals surface area (Å²) in [7, 11) is 2.80. The summed E-state index contributed by atoms with van der Waals surface area (Å²) >= 11 is 0. The monoisotopic (exact) mass is 283 g/mol. The Bertz CT molecular complexity index is 292. The lowest BCUT2D eigenvalue weighted by atomic mass is 9.78. The molecular weight excluding hydrogens is 263 g/mol. The van der Waals surface area contributed by atoms with Gasteiger partial charge in [0.15, 0.2) is 6.29 Å². The van der Waals surface area contributed by atoms with Crippen molar-refractivity contribution in [2.45, 2.75) is 38.1 Å². The van der Waals surface area contributed by atoms with Crippen LogP contribution in [0.15, 0.2) is 0 Å². The fourth-order valence-corrected chi connectivity index (χ4v) is 2.41. The first kappa shape index (κ1) is 16.2. The molecule has 0 radical (unpaired) electrons. The fraction of sp³-hybridized carbons (Fsp3) is 0.917. The number of rotatable bonds is 5. The molecule has 0 aromatic heterocycles. The predicted molar refractivity (Wildman–Crippen MR) is 62.3 cm³/mol. The van der Waals surface area contributed by atoms with Crippen LogP contribution in [-0.4, -0.2) is 39.1 Å². The minimum atomic E-state index is -4.32. The van der Waals surface area contributed by atoms with Gasteiger partial charge in [-0.05, 0) is 12.8 Å². The number of carbonyl (C=O) groups is 1. The van der Waals surface area contributed by atoms with E-state index in [1.807, 2.05) is 0 Å². The molecule has 7 heteroatoms. The van der Waals surface area contributed by atoms with Gasteiger partial charge in [0.1, 0.15) is 0 Å². The molecule has 2 unspecified atom stereocenters. The maximum absolute atomic E-state index is 12.9. The first-order chi connectivity index (χ1) is 8.90. The van der Waals surface area contributed by atoms with Crippen molar-refractivity contribution in [2.24, 2.45) is 11.8 Å². The Morgan fingerprint density at radius 1 is 1.26 bits per heavy atom. The molecule has 0 saturated heterocycles. The van der Waals surface area contributed by atoms with E-state index in [0.29, 0.717) is 12.8 Å². The molecule has 1 aliphatic rings. The zero-order valence-electron chi connectivity index (χ0n) is 11.1. The second-order valence-electron chi connectivity index (χ2n) is 4.69. The number of ether oxygens (including phenoxy) is 2. The standard InChI is InChI=1S/C12H20F3NO3/c1-18-10(19-2)7-16-11(17)8-5-3-4-6-9(8)12(13,14)15/h8-10H,3-7H2,1-2H3,(H,16,17). The van der Waals surface area contributed by atoms with Gasteiger partial charge in [-0.15, -0.1) is 0 Å². The van der Waals surface area contributed by atoms with E-state index in [-0.39, 0.29) is 19.4 Å². The molecule has 2 atom stereocenters. The number of alkyl halides is 3. The van der Waals surface area contributed by atoms with Crippen molar-refractivity contribution in [3.05, 3.63) is 0 Å². The Morgan fingerprint density at radius 2 is 1.84 bits per heavy atom. The van der Waals surface area contributed by atoms with Crippen molar-refractivity contribution in [1.82, 2.24) is 5.32 Å². The molecule has 1 fully saturated rings. The summed E-state index contributed by atoms with van der Waals surface area (Å²) in [6.45, 7) is 0.0485. The zero-order chi connectivity index (χ0) is 14.5. The van der Waals surface area contributed by atoms with E-state index in [1.54, 1.807) is 0 Å². The second-order valence-corrected chi connectivity index (χ2v) is 4.69. The van der Waals surface area contributed by atoms with Gasteiger partial charge in [-0.2, -0.15) is 13.2 Å². The molecule has 0 aromatic rings. The van der Waals surface area contributed by atoms with Crippen molar-refractivity contribution >= 4 is 5.91 Å². The smallest absolute Gasteiger partial charge is 0.354 e. The number of halogens is 3. The van der Waals surface area contributed by atoms with Crippen LogP contribution in [0.1, 0.15) is 25.7 Å². The SMILES string of the molecule is COC(CNC(=O)C1CCCCC1C(F)(F)F)OC. The number of methoxy groups -OCH3 is 2. The maximum Gasteiger partial charge on any atom is 0.392 e. The third-order valence-electron chi connectivity index (χ3n) is 3.49. The normalized spacial score (nSPS) is 24.5. The van der Waals surface area contributed by atoms with Crippen LogP contribution in [0.5, 0.6) is 0 Å². The molecule has 0 aromatic carbocycles. The Balaban J connectivity index is 2.57. The number of hydrogen-bond donors (Lipinski definition) is 1. The Labute approximate surface area is 110 Å². The molecular formula is C12H20F3NO3. The number of nitrogens with one attached hydrogen (secondary N) is 1. The molecule has 112 valence electrons. The van der Waals surface area contributed by atoms with E-state index in [1.165, 1.54) is 14.2 Å². The quantitative estimate of drug-likeness (QED) is 0.786. The molecule has 0 heterocycles. The minimum Gasteiger partial charge on any atom is -0.354 e. The predicted octanol–water partition coefficient (Wildman–Crippen LogP) is 2.09. The van der Waals surface area contributed by atoms with Crippen LogP contribution in [0.2, 0.25) is 0 Å². The van der Waals surface area contributed by atoms with Crippen LogP contribution in [0.25, 0.3) is 0 Å². The van der Waals surface area contributed by atoms with E-state index >= 15 is 0 Å². The van der Waals surface area contributed by atoms with Gasteiger partial charge >= 0.3 is 6.18 Å². The third-order valence-corrected chi connectivity index (χ3v) is 3.49. The molecule has 0 spiro atoms. The third kappa shape index (κ3) is 4.65. The van der Waals surface area contributed by atoms with Crippen LogP contribution in [0.3, 0.4) is 0 Å². The Kier molecular flexibility index (Phi) is 6.06. The van der Waals surface area contributed by atoms with Crippen LogP contribution < -0.4 is 5.32 Å². The van der Waals surface area contributed by atoms with E-state index in [4.69, 9.17) is 9.47 Å². The van der Waals surface area contributed by atoms with Gasteiger partial charge in [0, 0.05) is 20.1 Å². The summed E-state index contributed by atoms with van der Waals surface area (Å²) in [5, 5.41) is 2.47. The van der Waals surface area contributed by atoms with E-state index < -0.39 is 30.2 Å². The lowest BCUT2D eigenvalue weighted by Crippen LogP contribution is -2.44. The summed E-state index contributed by atoms with van der Waals surface area (Å²) in [6.07, 6.45) is -3.48. The van der Waals surface area contributed by atoms with Gasteiger partial charge in [-0.3, -0.25) is 4.79 Å². The molecule has 1 rings (SSSR count). The van der Waals surface area contributed by atoms with E-state index in [0.717, 1.165) is 0 Å². The summed E-state index contributed by atoms with van der Waals surface area (Å²) < 4.78 is 48.3. The van der Waals surface area contributed by atoms with Crippen LogP contribution in [-0.2, 0) is 14.3 Å². The van der Waals surface area contributed by atoms with E-state index in [9.17, 15) is 18.0 Å². The molecule has 4 nitrogen and oxygen atoms in total. The molecule has 1 aliphatic carbocycles. The van der Waals surface area contributed by atoms with Crippen molar-refractivity contribution in [1.29, 1.82) is 0 Å². The molecule has 1 N–H and O–H groups in total. The molecule has 0 bridgehead atoms. The van der Waals surface area contributed by atoms with Crippen LogP contribution in [0.4, 0.5) is 13.2 Å². The number of hydrogen-bond acceptors (Lipinski definition) is 3. The average Bonchev–Trinajstić information content (AvgIpc) is 2.38. The topological polar surface area (TPSA) is 47.6 Å². The minimum absolute atomic E-state index is 0.0274. The van der Waals surface area contributed by atoms with Crippen molar-refractivity contribution in [2.75, 3.05) is 20.8 Å². The van der Waals surface area contributed by atoms with Crippen molar-refractivity contribution in [3.63, 3.8) is 0 Å². The molecule has 1 saturated carbocycles. The average molecular weight is 283 g/mol. The van der Waals surface area contributed by atoms with Gasteiger partial charge in [0.2, 0.25) is 5.91 Å². The summed E-state index contributed by atoms with van der Waals surface area (Å²) in [6, 6.07) is 0. The Hall–Kier alpha value is -0.820. The largest absolute Gasteiger partial charge is 0.392 e. The first-order valence-corrected chi connectivity index (χ1v) is 6.30. The summed E-state index contributed by atoms with van der Waals surface area (Å²) in [4.78, 5) is 11.9. The van der Waals surface area contributed by atoms with E-state index in [2.05, 4.69) is 5.32 Å². The molecule has 0 aliphatic heterocycles. The van der Waals surface area contributed by atoms with Gasteiger partial charge in [0.05, 0.1) is 12.5 Å². The Morgan fingerprint density at radius 3 is 2.37 bits per heavy atom. The van der Waals surface area contributed by atoms with Crippen molar-refractivity contribution < 1.29 is 27.4 Å². The first-order valence-electron chi connectivity index (χ1n) is 6.30. The lowest BCUT2D eigenvalue weighted by Gasteiger charge is -2.32. The maximum atomic E-state index is 12.9. The van der Waals surface area contributed by atoms with Gasteiger partial charge in [-0.1, -0.05) is 12.8 Å². The van der Waals surface area contributed by atoms with Gasteiger partial charge < -0.3 is 14.8 Å². The summed E-state index contributed by atoms with van der Waals surface area (Å²) in [5.41, 5.74) is 0. The highest BCUT2D eigenvalue weighted by Gasteiger charge is 2.47. The zero-order valence-corrected chi connectivity index (χ0v) is 11.1. The highest BCUT2D eigenvalue weighted by Crippen LogP contribution is 2.41.